The number of nitrogens with one attached hydrogen (secondary N) is 2. The Kier molecular flexibility index (Phi) is 6.73. The molecule has 4 N–H and O–H groups in total. The Bertz CT molecular complexity index is 1070. The zero-order chi connectivity index (χ0) is 21.3. The second kappa shape index (κ2) is 9.83. The van der Waals surface area contributed by atoms with Crippen LogP contribution in [0.4, 0.5) is 5.69 Å². The molecular weight excluding hydrogens is 382 g/mol. The minimum Gasteiger partial charge on any atom is -0.370 e. The number of anilines is 1. The van der Waals surface area contributed by atoms with Gasteiger partial charge in [0.25, 0.3) is 5.91 Å². The molecule has 3 rings (SSSR count). The number of para-hydroxylation sites is 2. The van der Waals surface area contributed by atoms with Crippen molar-refractivity contribution in [3.8, 4) is 5.69 Å². The molecule has 0 unspecified atom stereocenters. The summed E-state index contributed by atoms with van der Waals surface area (Å²) < 4.78 is 1.71. The van der Waals surface area contributed by atoms with Crippen molar-refractivity contribution in [2.45, 2.75) is 6.42 Å². The van der Waals surface area contributed by atoms with Gasteiger partial charge in [0.05, 0.1) is 23.1 Å². The van der Waals surface area contributed by atoms with Crippen LogP contribution in [0, 0.1) is 0 Å². The molecule has 152 valence electrons. The van der Waals surface area contributed by atoms with E-state index >= 15 is 0 Å². The lowest BCUT2D eigenvalue weighted by Gasteiger charge is -2.10. The van der Waals surface area contributed by atoms with Crippen LogP contribution in [0.15, 0.2) is 73.1 Å². The summed E-state index contributed by atoms with van der Waals surface area (Å²) >= 11 is 0. The minimum atomic E-state index is -0.502. The fraction of sp³-hybridized carbons (Fsp3) is 0.0909. The summed E-state index contributed by atoms with van der Waals surface area (Å²) in [6.07, 6.45) is 6.50. The van der Waals surface area contributed by atoms with Gasteiger partial charge in [-0.3, -0.25) is 14.4 Å². The Labute approximate surface area is 173 Å². The van der Waals surface area contributed by atoms with E-state index in [1.165, 1.54) is 6.08 Å². The van der Waals surface area contributed by atoms with Crippen molar-refractivity contribution < 1.29 is 14.4 Å². The first kappa shape index (κ1) is 20.5. The van der Waals surface area contributed by atoms with E-state index in [1.807, 2.05) is 30.3 Å². The first-order chi connectivity index (χ1) is 14.5. The molecule has 0 aliphatic rings. The van der Waals surface area contributed by atoms with Crippen LogP contribution in [0.1, 0.15) is 22.3 Å². The number of hydrogen-bond acceptors (Lipinski definition) is 4. The van der Waals surface area contributed by atoms with Gasteiger partial charge in [-0.2, -0.15) is 5.10 Å². The van der Waals surface area contributed by atoms with Crippen molar-refractivity contribution in [3.05, 3.63) is 84.2 Å². The summed E-state index contributed by atoms with van der Waals surface area (Å²) in [4.78, 5) is 35.4. The summed E-state index contributed by atoms with van der Waals surface area (Å²) in [6, 6.07) is 16.2. The Balaban J connectivity index is 1.63. The third-order valence-electron chi connectivity index (χ3n) is 4.14. The lowest BCUT2D eigenvalue weighted by Crippen LogP contribution is -2.28. The Morgan fingerprint density at radius 3 is 2.53 bits per heavy atom. The van der Waals surface area contributed by atoms with Gasteiger partial charge >= 0.3 is 0 Å². The number of aromatic nitrogens is 2. The molecule has 0 atom stereocenters. The van der Waals surface area contributed by atoms with Gasteiger partial charge in [0, 0.05) is 30.8 Å². The zero-order valence-electron chi connectivity index (χ0n) is 16.1. The Morgan fingerprint density at radius 2 is 1.77 bits per heavy atom. The number of amides is 3. The number of nitrogens with two attached hydrogens (primary N) is 1. The van der Waals surface area contributed by atoms with E-state index in [4.69, 9.17) is 5.73 Å². The van der Waals surface area contributed by atoms with Crippen LogP contribution in [-0.4, -0.2) is 34.0 Å². The first-order valence-corrected chi connectivity index (χ1v) is 9.27. The number of primary amides is 1. The lowest BCUT2D eigenvalue weighted by atomic mass is 10.1. The van der Waals surface area contributed by atoms with E-state index < -0.39 is 11.8 Å². The van der Waals surface area contributed by atoms with Crippen molar-refractivity contribution in [2.24, 2.45) is 5.73 Å². The minimum absolute atomic E-state index is 0.0413. The van der Waals surface area contributed by atoms with Crippen LogP contribution in [0.3, 0.4) is 0 Å². The molecule has 0 saturated heterocycles. The molecule has 1 heterocycles. The highest BCUT2D eigenvalue weighted by atomic mass is 16.2. The highest BCUT2D eigenvalue weighted by molar-refractivity contribution is 6.07. The molecule has 8 nitrogen and oxygen atoms in total. The second-order valence-corrected chi connectivity index (χ2v) is 6.39. The highest BCUT2D eigenvalue weighted by Gasteiger charge is 2.12. The number of benzene rings is 2. The number of carbonyl (C=O) groups is 3. The standard InChI is InChI=1S/C22H21N5O3/c23-20(28)12-13-24-22(30)18-8-4-5-9-19(18)26-21(29)11-10-16-14-25-27(15-16)17-6-2-1-3-7-17/h1-11,14-15H,12-13H2,(H2,23,28)(H,24,30)(H,26,29)/b11-10+. The van der Waals surface area contributed by atoms with Crippen molar-refractivity contribution >= 4 is 29.5 Å². The average Bonchev–Trinajstić information content (AvgIpc) is 3.22. The molecule has 8 heteroatoms. The molecule has 0 bridgehead atoms. The highest BCUT2D eigenvalue weighted by Crippen LogP contribution is 2.15. The summed E-state index contributed by atoms with van der Waals surface area (Å²) in [5.41, 5.74) is 7.40. The summed E-state index contributed by atoms with van der Waals surface area (Å²) in [6.45, 7) is 0.127. The normalized spacial score (nSPS) is 10.7. The monoisotopic (exact) mass is 403 g/mol. The van der Waals surface area contributed by atoms with E-state index in [-0.39, 0.29) is 18.9 Å². The predicted octanol–water partition coefficient (Wildman–Crippen LogP) is 2.13. The predicted molar refractivity (Wildman–Crippen MR) is 114 cm³/mol. The maximum Gasteiger partial charge on any atom is 0.253 e. The molecule has 30 heavy (non-hydrogen) atoms. The van der Waals surface area contributed by atoms with Crippen LogP contribution in [0.25, 0.3) is 11.8 Å². The van der Waals surface area contributed by atoms with Crippen LogP contribution < -0.4 is 16.4 Å². The van der Waals surface area contributed by atoms with Crippen molar-refractivity contribution in [2.75, 3.05) is 11.9 Å². The molecule has 0 aliphatic heterocycles. The van der Waals surface area contributed by atoms with Crippen molar-refractivity contribution in [1.82, 2.24) is 15.1 Å². The van der Waals surface area contributed by atoms with Crippen LogP contribution in [0.5, 0.6) is 0 Å². The molecule has 1 aromatic heterocycles. The van der Waals surface area contributed by atoms with E-state index in [0.29, 0.717) is 11.3 Å². The molecule has 3 aromatic rings. The average molecular weight is 403 g/mol. The topological polar surface area (TPSA) is 119 Å². The van der Waals surface area contributed by atoms with E-state index in [0.717, 1.165) is 11.3 Å². The van der Waals surface area contributed by atoms with E-state index in [9.17, 15) is 14.4 Å². The molecule has 0 spiro atoms. The number of hydrogen-bond donors (Lipinski definition) is 3. The summed E-state index contributed by atoms with van der Waals surface area (Å²) in [7, 11) is 0. The lowest BCUT2D eigenvalue weighted by molar-refractivity contribution is -0.118. The molecule has 0 radical (unpaired) electrons. The molecule has 3 amide bonds. The summed E-state index contributed by atoms with van der Waals surface area (Å²) in [5.74, 6) is -1.29. The van der Waals surface area contributed by atoms with Crippen LogP contribution in [0.2, 0.25) is 0 Å². The van der Waals surface area contributed by atoms with Gasteiger partial charge < -0.3 is 16.4 Å². The molecule has 2 aromatic carbocycles. The van der Waals surface area contributed by atoms with Gasteiger partial charge in [0.2, 0.25) is 11.8 Å². The maximum absolute atomic E-state index is 12.3. The smallest absolute Gasteiger partial charge is 0.253 e. The number of rotatable bonds is 8. The van der Waals surface area contributed by atoms with Gasteiger partial charge in [0.1, 0.15) is 0 Å². The summed E-state index contributed by atoms with van der Waals surface area (Å²) in [5, 5.41) is 9.57. The SMILES string of the molecule is NC(=O)CCNC(=O)c1ccccc1NC(=O)/C=C/c1cnn(-c2ccccc2)c1. The quantitative estimate of drug-likeness (QED) is 0.499. The first-order valence-electron chi connectivity index (χ1n) is 9.27. The van der Waals surface area contributed by atoms with Gasteiger partial charge in [-0.15, -0.1) is 0 Å². The van der Waals surface area contributed by atoms with Crippen LogP contribution >= 0.6 is 0 Å². The molecule has 0 saturated carbocycles. The van der Waals surface area contributed by atoms with Gasteiger partial charge in [-0.25, -0.2) is 4.68 Å². The fourth-order valence-corrected chi connectivity index (χ4v) is 2.68. The van der Waals surface area contributed by atoms with Crippen molar-refractivity contribution in [3.63, 3.8) is 0 Å². The van der Waals surface area contributed by atoms with Gasteiger partial charge in [0.15, 0.2) is 0 Å². The number of carbonyl (C=O) groups excluding carboxylic acids is 3. The van der Waals surface area contributed by atoms with E-state index in [2.05, 4.69) is 15.7 Å². The van der Waals surface area contributed by atoms with Gasteiger partial charge in [-0.05, 0) is 30.3 Å². The molecule has 0 aliphatic carbocycles. The van der Waals surface area contributed by atoms with Crippen LogP contribution in [-0.2, 0) is 9.59 Å². The second-order valence-electron chi connectivity index (χ2n) is 6.39. The fourth-order valence-electron chi connectivity index (χ4n) is 2.68. The Hall–Kier alpha value is -4.20. The zero-order valence-corrected chi connectivity index (χ0v) is 16.1. The number of nitrogens with zero attached hydrogens (tertiary/aromatic N) is 2. The Morgan fingerprint density at radius 1 is 1.03 bits per heavy atom. The van der Waals surface area contributed by atoms with Crippen molar-refractivity contribution in [1.29, 1.82) is 0 Å². The van der Waals surface area contributed by atoms with E-state index in [1.54, 1.807) is 47.4 Å². The third kappa shape index (κ3) is 5.65. The van der Waals surface area contributed by atoms with Gasteiger partial charge in [-0.1, -0.05) is 30.3 Å². The molecule has 0 fully saturated rings. The molecular formula is C22H21N5O3. The third-order valence-corrected chi connectivity index (χ3v) is 4.14. The largest absolute Gasteiger partial charge is 0.370 e. The maximum atomic E-state index is 12.3.